The minimum atomic E-state index is -2.04. The van der Waals surface area contributed by atoms with Crippen LogP contribution in [0.4, 0.5) is 0 Å². The Morgan fingerprint density at radius 2 is 2.04 bits per heavy atom. The van der Waals surface area contributed by atoms with Gasteiger partial charge < -0.3 is 9.16 Å². The third-order valence-corrected chi connectivity index (χ3v) is 9.51. The fraction of sp³-hybridized carbons (Fsp3) is 0.824. The van der Waals surface area contributed by atoms with Crippen LogP contribution in [-0.2, 0) is 18.8 Å². The molecule has 1 fully saturated rings. The zero-order valence-electron chi connectivity index (χ0n) is 15.1. The van der Waals surface area contributed by atoms with Gasteiger partial charge in [-0.2, -0.15) is 5.26 Å². The lowest BCUT2D eigenvalue weighted by Gasteiger charge is -2.43. The highest BCUT2D eigenvalue weighted by molar-refractivity contribution is 6.74. The predicted molar refractivity (Wildman–Crippen MR) is 90.2 cm³/mol. The van der Waals surface area contributed by atoms with Crippen molar-refractivity contribution in [2.45, 2.75) is 71.2 Å². The molecule has 0 N–H and O–H groups in total. The molecule has 1 aliphatic rings. The number of rotatable bonds is 5. The van der Waals surface area contributed by atoms with E-state index < -0.39 is 26.1 Å². The first-order valence-electron chi connectivity index (χ1n) is 8.29. The summed E-state index contributed by atoms with van der Waals surface area (Å²) in [4.78, 5) is 24.0. The third-order valence-electron chi connectivity index (χ3n) is 5.01. The van der Waals surface area contributed by atoms with Crippen LogP contribution in [0.3, 0.4) is 0 Å². The SMILES string of the molecule is CCOC(=O)[C@H](C#N)[C@@H]1CC(=O)CC[C@@H]1O[Si](C)(C)C(C)(C)C. The lowest BCUT2D eigenvalue weighted by atomic mass is 9.78. The zero-order chi connectivity index (χ0) is 17.8. The Hall–Kier alpha value is -1.19. The summed E-state index contributed by atoms with van der Waals surface area (Å²) in [5, 5.41) is 9.46. The molecule has 1 saturated carbocycles. The van der Waals surface area contributed by atoms with Gasteiger partial charge in [-0.3, -0.25) is 9.59 Å². The van der Waals surface area contributed by atoms with Crippen molar-refractivity contribution in [3.05, 3.63) is 0 Å². The number of hydrogen-bond donors (Lipinski definition) is 0. The number of hydrogen-bond acceptors (Lipinski definition) is 5. The van der Waals surface area contributed by atoms with Gasteiger partial charge in [0, 0.05) is 18.8 Å². The summed E-state index contributed by atoms with van der Waals surface area (Å²) >= 11 is 0. The van der Waals surface area contributed by atoms with Gasteiger partial charge in [0.15, 0.2) is 8.32 Å². The van der Waals surface area contributed by atoms with E-state index in [1.54, 1.807) is 6.92 Å². The van der Waals surface area contributed by atoms with Gasteiger partial charge in [0.05, 0.1) is 18.8 Å². The second-order valence-electron chi connectivity index (χ2n) is 7.72. The number of carbonyl (C=O) groups is 2. The van der Waals surface area contributed by atoms with Crippen LogP contribution in [0.1, 0.15) is 47.0 Å². The molecule has 0 radical (unpaired) electrons. The second-order valence-corrected chi connectivity index (χ2v) is 12.5. The highest BCUT2D eigenvalue weighted by Crippen LogP contribution is 2.41. The summed E-state index contributed by atoms with van der Waals surface area (Å²) in [5.74, 6) is -1.79. The van der Waals surface area contributed by atoms with Crippen LogP contribution in [-0.4, -0.2) is 32.8 Å². The summed E-state index contributed by atoms with van der Waals surface area (Å²) in [5.41, 5.74) is 0. The number of nitrogens with zero attached hydrogens (tertiary/aromatic N) is 1. The minimum Gasteiger partial charge on any atom is -0.465 e. The molecule has 130 valence electrons. The smallest absolute Gasteiger partial charge is 0.323 e. The van der Waals surface area contributed by atoms with Gasteiger partial charge in [0.1, 0.15) is 11.7 Å². The van der Waals surface area contributed by atoms with Gasteiger partial charge in [-0.05, 0) is 31.5 Å². The molecule has 0 heterocycles. The van der Waals surface area contributed by atoms with Crippen molar-refractivity contribution in [2.24, 2.45) is 11.8 Å². The molecular formula is C17H29NO4Si. The molecular weight excluding hydrogens is 310 g/mol. The highest BCUT2D eigenvalue weighted by Gasteiger charge is 2.45. The lowest BCUT2D eigenvalue weighted by molar-refractivity contribution is -0.150. The molecule has 1 rings (SSSR count). The molecule has 0 bridgehead atoms. The molecule has 0 unspecified atom stereocenters. The second kappa shape index (κ2) is 7.58. The number of carbonyl (C=O) groups excluding carboxylic acids is 2. The first kappa shape index (κ1) is 19.9. The summed E-state index contributed by atoms with van der Waals surface area (Å²) in [6, 6.07) is 2.04. The first-order valence-corrected chi connectivity index (χ1v) is 11.2. The fourth-order valence-electron chi connectivity index (χ4n) is 2.60. The molecule has 0 aliphatic heterocycles. The minimum absolute atomic E-state index is 0.0328. The summed E-state index contributed by atoms with van der Waals surface area (Å²) in [7, 11) is -2.04. The number of esters is 1. The van der Waals surface area contributed by atoms with Crippen LogP contribution in [0.15, 0.2) is 0 Å². The molecule has 0 aromatic carbocycles. The molecule has 23 heavy (non-hydrogen) atoms. The van der Waals surface area contributed by atoms with E-state index in [9.17, 15) is 14.9 Å². The van der Waals surface area contributed by atoms with Gasteiger partial charge in [0.2, 0.25) is 0 Å². The largest absolute Gasteiger partial charge is 0.465 e. The van der Waals surface area contributed by atoms with Crippen molar-refractivity contribution in [3.8, 4) is 6.07 Å². The maximum atomic E-state index is 12.1. The average Bonchev–Trinajstić information content (AvgIpc) is 2.41. The van der Waals surface area contributed by atoms with Crippen molar-refractivity contribution in [3.63, 3.8) is 0 Å². The molecule has 3 atom stereocenters. The van der Waals surface area contributed by atoms with Crippen LogP contribution in [0.2, 0.25) is 18.1 Å². The van der Waals surface area contributed by atoms with Gasteiger partial charge >= 0.3 is 5.97 Å². The summed E-state index contributed by atoms with van der Waals surface area (Å²) < 4.78 is 11.5. The lowest BCUT2D eigenvalue weighted by Crippen LogP contribution is -2.49. The molecule has 6 heteroatoms. The van der Waals surface area contributed by atoms with Crippen LogP contribution in [0.25, 0.3) is 0 Å². The Bertz CT molecular complexity index is 490. The van der Waals surface area contributed by atoms with Crippen molar-refractivity contribution in [1.82, 2.24) is 0 Å². The summed E-state index contributed by atoms with van der Waals surface area (Å²) in [6.07, 6.45) is 1.02. The van der Waals surface area contributed by atoms with Gasteiger partial charge in [-0.15, -0.1) is 0 Å². The third kappa shape index (κ3) is 4.89. The van der Waals surface area contributed by atoms with Crippen molar-refractivity contribution < 1.29 is 18.8 Å². The number of ether oxygens (including phenoxy) is 1. The van der Waals surface area contributed by atoms with Crippen LogP contribution >= 0.6 is 0 Å². The van der Waals surface area contributed by atoms with Crippen molar-refractivity contribution in [2.75, 3.05) is 6.61 Å². The monoisotopic (exact) mass is 339 g/mol. The van der Waals surface area contributed by atoms with E-state index in [2.05, 4.69) is 33.9 Å². The molecule has 0 amide bonds. The Morgan fingerprint density at radius 1 is 1.43 bits per heavy atom. The molecule has 0 aromatic heterocycles. The van der Waals surface area contributed by atoms with Crippen molar-refractivity contribution in [1.29, 1.82) is 5.26 Å². The fourth-order valence-corrected chi connectivity index (χ4v) is 4.01. The Balaban J connectivity index is 3.02. The van der Waals surface area contributed by atoms with Crippen LogP contribution < -0.4 is 0 Å². The maximum absolute atomic E-state index is 12.1. The molecule has 0 spiro atoms. The molecule has 0 saturated heterocycles. The first-order chi connectivity index (χ1) is 10.5. The predicted octanol–water partition coefficient (Wildman–Crippen LogP) is 3.45. The van der Waals surface area contributed by atoms with E-state index >= 15 is 0 Å². The quantitative estimate of drug-likeness (QED) is 0.566. The Morgan fingerprint density at radius 3 is 2.52 bits per heavy atom. The summed E-state index contributed by atoms with van der Waals surface area (Å²) in [6.45, 7) is 12.7. The Labute approximate surface area is 140 Å². The average molecular weight is 340 g/mol. The Kier molecular flexibility index (Phi) is 6.55. The number of ketones is 1. The number of Topliss-reactive ketones (excluding diaryl/α,β-unsaturated/α-hetero) is 1. The van der Waals surface area contributed by atoms with E-state index in [0.29, 0.717) is 12.8 Å². The van der Waals surface area contributed by atoms with Crippen molar-refractivity contribution >= 4 is 20.1 Å². The van der Waals surface area contributed by atoms with E-state index in [1.165, 1.54) is 0 Å². The van der Waals surface area contributed by atoms with Gasteiger partial charge in [-0.25, -0.2) is 0 Å². The van der Waals surface area contributed by atoms with Crippen LogP contribution in [0.5, 0.6) is 0 Å². The van der Waals surface area contributed by atoms with Gasteiger partial charge in [-0.1, -0.05) is 20.8 Å². The van der Waals surface area contributed by atoms with E-state index in [4.69, 9.17) is 9.16 Å². The highest BCUT2D eigenvalue weighted by atomic mass is 28.4. The zero-order valence-corrected chi connectivity index (χ0v) is 16.1. The van der Waals surface area contributed by atoms with E-state index in [1.807, 2.05) is 6.07 Å². The topological polar surface area (TPSA) is 76.4 Å². The van der Waals surface area contributed by atoms with Gasteiger partial charge in [0.25, 0.3) is 0 Å². The molecule has 1 aliphatic carbocycles. The standard InChI is InChI=1S/C17H29NO4Si/c1-7-21-16(20)14(11-18)13-10-12(19)8-9-15(13)22-23(5,6)17(2,3)4/h13-15H,7-10H2,1-6H3/t13-,14+,15-/m0/s1. The molecule has 5 nitrogen and oxygen atoms in total. The van der Waals surface area contributed by atoms with Crippen LogP contribution in [0, 0.1) is 23.2 Å². The number of nitriles is 1. The van der Waals surface area contributed by atoms with E-state index in [-0.39, 0.29) is 30.0 Å². The maximum Gasteiger partial charge on any atom is 0.323 e. The molecule has 0 aromatic rings. The van der Waals surface area contributed by atoms with E-state index in [0.717, 1.165) is 0 Å². The normalized spacial score (nSPS) is 24.0.